The molecule has 3 heteroatoms. The van der Waals surface area contributed by atoms with E-state index in [0.717, 1.165) is 18.4 Å². The van der Waals surface area contributed by atoms with Gasteiger partial charge in [-0.1, -0.05) is 38.1 Å². The summed E-state index contributed by atoms with van der Waals surface area (Å²) in [6, 6.07) is 8.23. The van der Waals surface area contributed by atoms with Crippen LogP contribution >= 0.6 is 0 Å². The lowest BCUT2D eigenvalue weighted by Gasteiger charge is -2.17. The van der Waals surface area contributed by atoms with E-state index in [1.165, 1.54) is 5.56 Å². The molecule has 0 aliphatic rings. The van der Waals surface area contributed by atoms with Gasteiger partial charge in [-0.25, -0.2) is 0 Å². The Balaban J connectivity index is 2.75. The van der Waals surface area contributed by atoms with E-state index < -0.39 is 0 Å². The Kier molecular flexibility index (Phi) is 6.57. The van der Waals surface area contributed by atoms with Crippen LogP contribution < -0.4 is 11.1 Å². The second-order valence-corrected chi connectivity index (χ2v) is 5.45. The van der Waals surface area contributed by atoms with Crippen molar-refractivity contribution >= 4 is 5.91 Å². The van der Waals surface area contributed by atoms with E-state index in [0.29, 0.717) is 19.0 Å². The van der Waals surface area contributed by atoms with Crippen molar-refractivity contribution in [2.75, 3.05) is 13.1 Å². The third-order valence-electron chi connectivity index (χ3n) is 3.22. The van der Waals surface area contributed by atoms with Gasteiger partial charge in [0.25, 0.3) is 0 Å². The monoisotopic (exact) mass is 262 g/mol. The maximum Gasteiger partial charge on any atom is 0.227 e. The molecule has 1 atom stereocenters. The van der Waals surface area contributed by atoms with E-state index in [1.807, 2.05) is 19.1 Å². The molecule has 19 heavy (non-hydrogen) atoms. The molecule has 0 aromatic heterocycles. The van der Waals surface area contributed by atoms with Gasteiger partial charge >= 0.3 is 0 Å². The summed E-state index contributed by atoms with van der Waals surface area (Å²) >= 11 is 0. The van der Waals surface area contributed by atoms with Gasteiger partial charge in [0.2, 0.25) is 5.91 Å². The molecule has 1 aromatic carbocycles. The summed E-state index contributed by atoms with van der Waals surface area (Å²) in [5.74, 6) is 0.575. The highest BCUT2D eigenvalue weighted by molar-refractivity contribution is 5.83. The number of carbonyl (C=O) groups excluding carboxylic acids is 1. The summed E-state index contributed by atoms with van der Waals surface area (Å²) in [7, 11) is 0. The average Bonchev–Trinajstić information content (AvgIpc) is 2.38. The Morgan fingerprint density at radius 3 is 2.58 bits per heavy atom. The van der Waals surface area contributed by atoms with Gasteiger partial charge in [0.15, 0.2) is 0 Å². The van der Waals surface area contributed by atoms with Crippen molar-refractivity contribution in [2.45, 2.75) is 39.5 Å². The molecule has 3 N–H and O–H groups in total. The van der Waals surface area contributed by atoms with Gasteiger partial charge in [-0.2, -0.15) is 0 Å². The fraction of sp³-hybridized carbons (Fsp3) is 0.562. The molecular weight excluding hydrogens is 236 g/mol. The van der Waals surface area contributed by atoms with Gasteiger partial charge in [-0.15, -0.1) is 0 Å². The Morgan fingerprint density at radius 2 is 1.95 bits per heavy atom. The fourth-order valence-corrected chi connectivity index (χ4v) is 2.19. The summed E-state index contributed by atoms with van der Waals surface area (Å²) < 4.78 is 0. The lowest BCUT2D eigenvalue weighted by atomic mass is 9.90. The number of carbonyl (C=O) groups is 1. The minimum absolute atomic E-state index is 0.0876. The van der Waals surface area contributed by atoms with Crippen molar-refractivity contribution in [3.63, 3.8) is 0 Å². The minimum Gasteiger partial charge on any atom is -0.356 e. The molecular formula is C16H26N2O. The van der Waals surface area contributed by atoms with Gasteiger partial charge in [0.05, 0.1) is 5.92 Å². The summed E-state index contributed by atoms with van der Waals surface area (Å²) in [5, 5.41) is 2.94. The minimum atomic E-state index is -0.104. The number of nitrogens with two attached hydrogens (primary N) is 1. The first kappa shape index (κ1) is 15.7. The van der Waals surface area contributed by atoms with Crippen LogP contribution in [0.3, 0.4) is 0 Å². The average molecular weight is 262 g/mol. The van der Waals surface area contributed by atoms with Crippen LogP contribution in [-0.4, -0.2) is 19.0 Å². The van der Waals surface area contributed by atoms with Crippen LogP contribution in [0.25, 0.3) is 0 Å². The van der Waals surface area contributed by atoms with E-state index >= 15 is 0 Å². The molecule has 106 valence electrons. The number of rotatable bonds is 7. The van der Waals surface area contributed by atoms with Gasteiger partial charge in [-0.05, 0) is 43.4 Å². The van der Waals surface area contributed by atoms with E-state index in [9.17, 15) is 4.79 Å². The lowest BCUT2D eigenvalue weighted by Crippen LogP contribution is -2.30. The first-order valence-electron chi connectivity index (χ1n) is 7.11. The molecule has 1 unspecified atom stereocenters. The van der Waals surface area contributed by atoms with Crippen LogP contribution in [0.15, 0.2) is 24.3 Å². The second-order valence-electron chi connectivity index (χ2n) is 5.45. The standard InChI is InChI=1S/C16H26N2O/c1-12(2)11-14-7-4-5-8-15(14)13(3)16(19)18-10-6-9-17/h4-5,7-8,12-13H,6,9-11,17H2,1-3H3,(H,18,19). The van der Waals surface area contributed by atoms with E-state index in [-0.39, 0.29) is 11.8 Å². The van der Waals surface area contributed by atoms with E-state index in [2.05, 4.69) is 31.3 Å². The van der Waals surface area contributed by atoms with Gasteiger partial charge in [-0.3, -0.25) is 4.79 Å². The smallest absolute Gasteiger partial charge is 0.227 e. The molecule has 3 nitrogen and oxygen atoms in total. The molecule has 1 aromatic rings. The molecule has 0 bridgehead atoms. The van der Waals surface area contributed by atoms with Crippen molar-refractivity contribution in [1.82, 2.24) is 5.32 Å². The Labute approximate surface area is 116 Å². The van der Waals surface area contributed by atoms with Gasteiger partial charge in [0, 0.05) is 6.54 Å². The molecule has 0 saturated carbocycles. The predicted molar refractivity (Wildman–Crippen MR) is 80.1 cm³/mol. The Morgan fingerprint density at radius 1 is 1.26 bits per heavy atom. The van der Waals surface area contributed by atoms with Gasteiger partial charge in [0.1, 0.15) is 0 Å². The van der Waals surface area contributed by atoms with Crippen LogP contribution in [0.4, 0.5) is 0 Å². The molecule has 0 heterocycles. The number of amides is 1. The van der Waals surface area contributed by atoms with Crippen LogP contribution in [0.2, 0.25) is 0 Å². The summed E-state index contributed by atoms with van der Waals surface area (Å²) in [6.45, 7) is 7.63. The normalized spacial score (nSPS) is 12.5. The molecule has 1 rings (SSSR count). The molecule has 1 amide bonds. The van der Waals surface area contributed by atoms with Crippen LogP contribution in [-0.2, 0) is 11.2 Å². The number of nitrogens with one attached hydrogen (secondary N) is 1. The lowest BCUT2D eigenvalue weighted by molar-refractivity contribution is -0.122. The topological polar surface area (TPSA) is 55.1 Å². The maximum absolute atomic E-state index is 12.1. The number of benzene rings is 1. The first-order valence-corrected chi connectivity index (χ1v) is 7.11. The zero-order valence-corrected chi connectivity index (χ0v) is 12.3. The van der Waals surface area contributed by atoms with E-state index in [1.54, 1.807) is 0 Å². The SMILES string of the molecule is CC(C)Cc1ccccc1C(C)C(=O)NCCCN. The first-order chi connectivity index (χ1) is 9.06. The highest BCUT2D eigenvalue weighted by Gasteiger charge is 2.17. The highest BCUT2D eigenvalue weighted by Crippen LogP contribution is 2.22. The molecule has 0 aliphatic heterocycles. The predicted octanol–water partition coefficient (Wildman–Crippen LogP) is 2.45. The third kappa shape index (κ3) is 5.03. The maximum atomic E-state index is 12.1. The number of hydrogen-bond acceptors (Lipinski definition) is 2. The highest BCUT2D eigenvalue weighted by atomic mass is 16.1. The summed E-state index contributed by atoms with van der Waals surface area (Å²) in [4.78, 5) is 12.1. The second kappa shape index (κ2) is 7.95. The quantitative estimate of drug-likeness (QED) is 0.742. The third-order valence-corrected chi connectivity index (χ3v) is 3.22. The molecule has 0 fully saturated rings. The van der Waals surface area contributed by atoms with Gasteiger partial charge < -0.3 is 11.1 Å². The molecule has 0 aliphatic carbocycles. The van der Waals surface area contributed by atoms with Crippen LogP contribution in [0.1, 0.15) is 44.2 Å². The molecule has 0 saturated heterocycles. The fourth-order valence-electron chi connectivity index (χ4n) is 2.19. The van der Waals surface area contributed by atoms with Crippen molar-refractivity contribution in [2.24, 2.45) is 11.7 Å². The zero-order valence-electron chi connectivity index (χ0n) is 12.3. The van der Waals surface area contributed by atoms with Crippen molar-refractivity contribution in [3.05, 3.63) is 35.4 Å². The Hall–Kier alpha value is -1.35. The molecule has 0 spiro atoms. The summed E-state index contributed by atoms with van der Waals surface area (Å²) in [5.41, 5.74) is 7.85. The van der Waals surface area contributed by atoms with Crippen molar-refractivity contribution < 1.29 is 4.79 Å². The van der Waals surface area contributed by atoms with Crippen LogP contribution in [0, 0.1) is 5.92 Å². The van der Waals surface area contributed by atoms with E-state index in [4.69, 9.17) is 5.73 Å². The molecule has 0 radical (unpaired) electrons. The summed E-state index contributed by atoms with van der Waals surface area (Å²) in [6.07, 6.45) is 1.84. The van der Waals surface area contributed by atoms with Crippen LogP contribution in [0.5, 0.6) is 0 Å². The Bertz CT molecular complexity index is 401. The van der Waals surface area contributed by atoms with Crippen molar-refractivity contribution in [1.29, 1.82) is 0 Å². The zero-order chi connectivity index (χ0) is 14.3. The number of hydrogen-bond donors (Lipinski definition) is 2. The van der Waals surface area contributed by atoms with Crippen molar-refractivity contribution in [3.8, 4) is 0 Å². The largest absolute Gasteiger partial charge is 0.356 e.